The van der Waals surface area contributed by atoms with Crippen LogP contribution in [0.3, 0.4) is 0 Å². The Bertz CT molecular complexity index is 547. The smallest absolute Gasteiger partial charge is 1.00 e. The monoisotopic (exact) mass is 536 g/mol. The normalized spacial score (nSPS) is 20.1. The van der Waals surface area contributed by atoms with Crippen LogP contribution in [-0.2, 0) is 22.9 Å². The topological polar surface area (TPSA) is 0 Å². The molecule has 22 heavy (non-hydrogen) atoms. The fourth-order valence-electron chi connectivity index (χ4n) is 3.76. The van der Waals surface area contributed by atoms with E-state index in [2.05, 4.69) is 51.4 Å². The zero-order valence-electron chi connectivity index (χ0n) is 14.5. The van der Waals surface area contributed by atoms with Gasteiger partial charge in [0.15, 0.2) is 0 Å². The maximum atomic E-state index is 2.62. The van der Waals surface area contributed by atoms with Crippen molar-refractivity contribution < 1.29 is 47.7 Å². The standard InChI is InChI=1S/C17H26Si2.2ClH.Hf/c1-18(2,3)16-11-7-9-14(16)13-15-10-8-12-17(15)19(4,5)6;;;/h11-12H,7-8,13H2,1-6H3;2*1H;/q;;;+2/p-2. The Balaban J connectivity index is 0.00000121. The van der Waals surface area contributed by atoms with Crippen molar-refractivity contribution in [3.05, 3.63) is 40.4 Å². The molecule has 0 bridgehead atoms. The van der Waals surface area contributed by atoms with Crippen molar-refractivity contribution in [1.29, 1.82) is 0 Å². The van der Waals surface area contributed by atoms with Crippen LogP contribution in [0.15, 0.2) is 40.4 Å². The first kappa shape index (κ1) is 20.9. The first-order valence-corrected chi connectivity index (χ1v) is 18.4. The van der Waals surface area contributed by atoms with Crippen LogP contribution < -0.4 is 24.8 Å². The first-order valence-electron chi connectivity index (χ1n) is 7.81. The zero-order valence-corrected chi connectivity index (χ0v) is 21.6. The second kappa shape index (κ2) is 6.99. The van der Waals surface area contributed by atoms with E-state index in [1.54, 1.807) is 0 Å². The largest absolute Gasteiger partial charge is 1.00 e. The summed E-state index contributed by atoms with van der Waals surface area (Å²) in [5, 5.41) is 3.63. The van der Waals surface area contributed by atoms with Crippen molar-refractivity contribution in [2.75, 3.05) is 0 Å². The summed E-state index contributed by atoms with van der Waals surface area (Å²) in [5.74, 6) is 0. The van der Waals surface area contributed by atoms with E-state index < -0.39 is 39.1 Å². The Labute approximate surface area is 161 Å². The third-order valence-electron chi connectivity index (χ3n) is 4.67. The van der Waals surface area contributed by atoms with Crippen molar-refractivity contribution in [3.8, 4) is 0 Å². The molecule has 0 spiro atoms. The molecule has 0 N–H and O–H groups in total. The van der Waals surface area contributed by atoms with Crippen molar-refractivity contribution in [1.82, 2.24) is 0 Å². The van der Waals surface area contributed by atoms with Crippen LogP contribution in [0, 0.1) is 0 Å². The van der Waals surface area contributed by atoms with E-state index >= 15 is 0 Å². The second-order valence-corrected chi connectivity index (χ2v) is 23.7. The summed E-state index contributed by atoms with van der Waals surface area (Å²) in [7, 11) is -2.28. The van der Waals surface area contributed by atoms with Gasteiger partial charge in [-0.2, -0.15) is 0 Å². The Kier molecular flexibility index (Phi) is 6.64. The van der Waals surface area contributed by atoms with E-state index in [1.807, 2.05) is 28.2 Å². The van der Waals surface area contributed by atoms with E-state index in [9.17, 15) is 0 Å². The van der Waals surface area contributed by atoms with Crippen LogP contribution in [-0.4, -0.2) is 16.1 Å². The fraction of sp³-hybridized carbons (Fsp3) is 0.529. The van der Waals surface area contributed by atoms with Gasteiger partial charge in [-0.05, 0) is 0 Å². The quantitative estimate of drug-likeness (QED) is 0.415. The molecule has 0 amide bonds. The van der Waals surface area contributed by atoms with Crippen LogP contribution in [0.1, 0.15) is 19.3 Å². The molecule has 2 aliphatic carbocycles. The van der Waals surface area contributed by atoms with Gasteiger partial charge in [-0.1, -0.05) is 0 Å². The van der Waals surface area contributed by atoms with Crippen molar-refractivity contribution in [2.24, 2.45) is 0 Å². The molecule has 0 nitrogen and oxygen atoms in total. The molecule has 0 fully saturated rings. The Morgan fingerprint density at radius 3 is 1.41 bits per heavy atom. The molecule has 0 saturated carbocycles. The SMILES string of the molecule is C[Si](C)(C)C1=CC[C]2=C1CC1=[C](CC=C1[Si](C)(C)C)[Hf+2]2.[Cl-].[Cl-]. The van der Waals surface area contributed by atoms with Crippen LogP contribution in [0.2, 0.25) is 39.3 Å². The van der Waals surface area contributed by atoms with Gasteiger partial charge in [0.2, 0.25) is 0 Å². The molecule has 120 valence electrons. The third-order valence-corrected chi connectivity index (χ3v) is 14.7. The van der Waals surface area contributed by atoms with Gasteiger partial charge in [-0.25, -0.2) is 0 Å². The maximum Gasteiger partial charge on any atom is -1.00 e. The van der Waals surface area contributed by atoms with Gasteiger partial charge in [-0.15, -0.1) is 0 Å². The van der Waals surface area contributed by atoms with Gasteiger partial charge < -0.3 is 24.8 Å². The average molecular weight is 536 g/mol. The third kappa shape index (κ3) is 3.74. The minimum atomic E-state index is -1.14. The zero-order chi connectivity index (χ0) is 14.7. The minimum Gasteiger partial charge on any atom is -1.00 e. The molecule has 0 unspecified atom stereocenters. The molecular formula is C17H26Cl2HfSi2. The second-order valence-electron chi connectivity index (χ2n) is 8.36. The molecule has 0 radical (unpaired) electrons. The van der Waals surface area contributed by atoms with Crippen molar-refractivity contribution in [3.63, 3.8) is 0 Å². The summed E-state index contributed by atoms with van der Waals surface area (Å²) < 4.78 is 3.90. The van der Waals surface area contributed by atoms with E-state index in [-0.39, 0.29) is 24.8 Å². The maximum absolute atomic E-state index is 2.62. The molecule has 3 aliphatic rings. The van der Waals surface area contributed by atoms with Crippen molar-refractivity contribution >= 4 is 16.1 Å². The minimum absolute atomic E-state index is 0. The predicted molar refractivity (Wildman–Crippen MR) is 90.8 cm³/mol. The Morgan fingerprint density at radius 1 is 0.727 bits per heavy atom. The molecular weight excluding hydrogens is 510 g/mol. The average Bonchev–Trinajstić information content (AvgIpc) is 2.85. The first-order chi connectivity index (χ1) is 9.18. The van der Waals surface area contributed by atoms with Crippen LogP contribution in [0.4, 0.5) is 0 Å². The summed E-state index contributed by atoms with van der Waals surface area (Å²) in [6.45, 7) is 15.1. The molecule has 0 atom stereocenters. The van der Waals surface area contributed by atoms with E-state index in [1.165, 1.54) is 19.3 Å². The Hall–Kier alpha value is 0.844. The van der Waals surface area contributed by atoms with E-state index in [4.69, 9.17) is 0 Å². The van der Waals surface area contributed by atoms with Crippen LogP contribution in [0.25, 0.3) is 0 Å². The summed E-state index contributed by atoms with van der Waals surface area (Å²) in [5.41, 5.74) is 3.69. The van der Waals surface area contributed by atoms with Gasteiger partial charge in [0, 0.05) is 0 Å². The number of hydrogen-bond acceptors (Lipinski definition) is 0. The van der Waals surface area contributed by atoms with Gasteiger partial charge >= 0.3 is 138 Å². The van der Waals surface area contributed by atoms with Gasteiger partial charge in [-0.3, -0.25) is 0 Å². The molecule has 3 rings (SSSR count). The molecule has 1 aliphatic heterocycles. The molecule has 1 heterocycles. The van der Waals surface area contributed by atoms with E-state index in [0.29, 0.717) is 0 Å². The van der Waals surface area contributed by atoms with Gasteiger partial charge in [0.05, 0.1) is 0 Å². The number of halogens is 2. The Morgan fingerprint density at radius 2 is 1.09 bits per heavy atom. The molecule has 0 aromatic heterocycles. The summed E-state index contributed by atoms with van der Waals surface area (Å²) in [6, 6.07) is 0. The molecule has 0 aromatic carbocycles. The van der Waals surface area contributed by atoms with Gasteiger partial charge in [0.1, 0.15) is 0 Å². The molecule has 5 heteroatoms. The molecule has 0 aromatic rings. The summed E-state index contributed by atoms with van der Waals surface area (Å²) in [4.78, 5) is 0. The predicted octanol–water partition coefficient (Wildman–Crippen LogP) is -0.596. The molecule has 0 saturated heterocycles. The summed E-state index contributed by atoms with van der Waals surface area (Å²) >= 11 is -0.670. The number of rotatable bonds is 2. The van der Waals surface area contributed by atoms with Crippen LogP contribution in [0.5, 0.6) is 0 Å². The summed E-state index contributed by atoms with van der Waals surface area (Å²) in [6.07, 6.45) is 9.20. The van der Waals surface area contributed by atoms with Crippen LogP contribution >= 0.6 is 0 Å². The van der Waals surface area contributed by atoms with Crippen molar-refractivity contribution in [2.45, 2.75) is 58.5 Å². The number of allylic oxidation sites excluding steroid dienone is 8. The van der Waals surface area contributed by atoms with Gasteiger partial charge in [0.25, 0.3) is 0 Å². The van der Waals surface area contributed by atoms with E-state index in [0.717, 1.165) is 0 Å². The number of hydrogen-bond donors (Lipinski definition) is 0. The fourth-order valence-corrected chi connectivity index (χ4v) is 13.8.